The summed E-state index contributed by atoms with van der Waals surface area (Å²) in [7, 11) is 0. The summed E-state index contributed by atoms with van der Waals surface area (Å²) >= 11 is 0. The van der Waals surface area contributed by atoms with Crippen LogP contribution in [-0.2, 0) is 19.2 Å². The molecule has 0 aliphatic carbocycles. The molecule has 3 unspecified atom stereocenters. The van der Waals surface area contributed by atoms with E-state index in [1.165, 1.54) is 11.1 Å². The minimum atomic E-state index is -1.22. The van der Waals surface area contributed by atoms with Gasteiger partial charge in [-0.2, -0.15) is 10.2 Å². The third-order valence-electron chi connectivity index (χ3n) is 5.74. The van der Waals surface area contributed by atoms with Gasteiger partial charge in [-0.05, 0) is 24.8 Å². The van der Waals surface area contributed by atoms with E-state index in [-0.39, 0.29) is 11.5 Å². The first kappa shape index (κ1) is 24.7. The third kappa shape index (κ3) is 5.53. The van der Waals surface area contributed by atoms with Crippen molar-refractivity contribution in [2.45, 2.75) is 51.2 Å². The van der Waals surface area contributed by atoms with Crippen LogP contribution in [0.2, 0.25) is 0 Å². The molecule has 1 aromatic heterocycles. The molecule has 11 heteroatoms. The smallest absolute Gasteiger partial charge is 0.305 e. The number of carbonyl (C=O) groups excluding carboxylic acids is 4. The zero-order valence-electron chi connectivity index (χ0n) is 18.9. The number of carbonyl (C=O) groups is 5. The van der Waals surface area contributed by atoms with E-state index in [0.717, 1.165) is 0 Å². The molecule has 3 N–H and O–H groups in total. The predicted molar refractivity (Wildman–Crippen MR) is 121 cm³/mol. The largest absolute Gasteiger partial charge is 0.481 e. The molecule has 11 nitrogen and oxygen atoms in total. The van der Waals surface area contributed by atoms with Crippen molar-refractivity contribution in [1.82, 2.24) is 25.7 Å². The molecular weight excluding hydrogens is 442 g/mol. The number of aromatic nitrogens is 2. The number of nitrogens with zero attached hydrogens (tertiary/aromatic N) is 3. The molecule has 2 aromatic rings. The van der Waals surface area contributed by atoms with Gasteiger partial charge in [-0.25, -0.2) is 0 Å². The maximum Gasteiger partial charge on any atom is 0.305 e. The Morgan fingerprint density at radius 3 is 2.62 bits per heavy atom. The van der Waals surface area contributed by atoms with Crippen molar-refractivity contribution >= 4 is 40.9 Å². The molecule has 3 atom stereocenters. The summed E-state index contributed by atoms with van der Waals surface area (Å²) in [4.78, 5) is 62.6. The van der Waals surface area contributed by atoms with Crippen LogP contribution >= 0.6 is 0 Å². The number of fused-ring (bicyclic) bond motifs is 1. The molecular formula is C23H27N5O6. The quantitative estimate of drug-likeness (QED) is 0.449. The molecule has 180 valence electrons. The van der Waals surface area contributed by atoms with Gasteiger partial charge < -0.3 is 25.4 Å². The van der Waals surface area contributed by atoms with Crippen molar-refractivity contribution in [2.75, 3.05) is 6.54 Å². The second-order valence-corrected chi connectivity index (χ2v) is 8.51. The van der Waals surface area contributed by atoms with E-state index in [0.29, 0.717) is 36.6 Å². The highest BCUT2D eigenvalue weighted by Crippen LogP contribution is 2.22. The van der Waals surface area contributed by atoms with Crippen LogP contribution in [0.3, 0.4) is 0 Å². The van der Waals surface area contributed by atoms with E-state index >= 15 is 0 Å². The van der Waals surface area contributed by atoms with Gasteiger partial charge in [0.05, 0.1) is 29.7 Å². The van der Waals surface area contributed by atoms with Gasteiger partial charge in [-0.15, -0.1) is 0 Å². The second-order valence-electron chi connectivity index (χ2n) is 8.51. The fourth-order valence-electron chi connectivity index (χ4n) is 4.00. The lowest BCUT2D eigenvalue weighted by atomic mass is 10.0. The minimum absolute atomic E-state index is 0.280. The summed E-state index contributed by atoms with van der Waals surface area (Å²) < 4.78 is 0. The lowest BCUT2D eigenvalue weighted by Crippen LogP contribution is -2.56. The van der Waals surface area contributed by atoms with Crippen molar-refractivity contribution in [2.24, 2.45) is 5.92 Å². The summed E-state index contributed by atoms with van der Waals surface area (Å²) in [5.74, 6) is -3.01. The van der Waals surface area contributed by atoms with Crippen molar-refractivity contribution in [1.29, 1.82) is 0 Å². The lowest BCUT2D eigenvalue weighted by molar-refractivity contribution is -0.142. The van der Waals surface area contributed by atoms with Gasteiger partial charge >= 0.3 is 5.97 Å². The predicted octanol–water partition coefficient (Wildman–Crippen LogP) is 0.534. The van der Waals surface area contributed by atoms with E-state index in [2.05, 4.69) is 20.8 Å². The van der Waals surface area contributed by atoms with Crippen LogP contribution in [0.15, 0.2) is 30.5 Å². The molecule has 1 aromatic carbocycles. The fourth-order valence-corrected chi connectivity index (χ4v) is 4.00. The molecule has 1 fully saturated rings. The number of carboxylic acid groups (broad SMARTS) is 1. The summed E-state index contributed by atoms with van der Waals surface area (Å²) in [6.45, 7) is 3.87. The Kier molecular flexibility index (Phi) is 7.87. The Bertz CT molecular complexity index is 1100. The van der Waals surface area contributed by atoms with Crippen LogP contribution in [-0.4, -0.2) is 74.9 Å². The van der Waals surface area contributed by atoms with Gasteiger partial charge in [0.15, 0.2) is 0 Å². The number of hydrogen-bond acceptors (Lipinski definition) is 7. The molecule has 34 heavy (non-hydrogen) atoms. The summed E-state index contributed by atoms with van der Waals surface area (Å²) in [5.41, 5.74) is 0.826. The number of benzene rings is 1. The molecule has 2 heterocycles. The highest BCUT2D eigenvalue weighted by molar-refractivity contribution is 6.07. The molecule has 1 aliphatic rings. The Labute approximate surface area is 195 Å². The van der Waals surface area contributed by atoms with Crippen LogP contribution in [0.1, 0.15) is 43.5 Å². The zero-order valence-corrected chi connectivity index (χ0v) is 18.9. The maximum absolute atomic E-state index is 13.4. The lowest BCUT2D eigenvalue weighted by Gasteiger charge is -2.31. The maximum atomic E-state index is 13.4. The molecule has 3 amide bonds. The Morgan fingerprint density at radius 2 is 1.94 bits per heavy atom. The highest BCUT2D eigenvalue weighted by atomic mass is 16.4. The molecule has 3 rings (SSSR count). The van der Waals surface area contributed by atoms with Gasteiger partial charge in [0.1, 0.15) is 18.4 Å². The number of nitrogens with one attached hydrogen (secondary N) is 2. The van der Waals surface area contributed by atoms with Crippen LogP contribution in [0, 0.1) is 5.92 Å². The van der Waals surface area contributed by atoms with E-state index < -0.39 is 48.2 Å². The van der Waals surface area contributed by atoms with Gasteiger partial charge in [0.25, 0.3) is 5.91 Å². The van der Waals surface area contributed by atoms with Gasteiger partial charge in [0, 0.05) is 11.9 Å². The molecule has 0 spiro atoms. The average Bonchev–Trinajstić information content (AvgIpc) is 3.30. The van der Waals surface area contributed by atoms with Gasteiger partial charge in [-0.3, -0.25) is 19.2 Å². The Morgan fingerprint density at radius 1 is 1.21 bits per heavy atom. The average molecular weight is 469 g/mol. The molecule has 1 saturated heterocycles. The van der Waals surface area contributed by atoms with Crippen LogP contribution in [0.25, 0.3) is 10.9 Å². The van der Waals surface area contributed by atoms with Crippen LogP contribution in [0.5, 0.6) is 0 Å². The van der Waals surface area contributed by atoms with Crippen molar-refractivity contribution in [3.63, 3.8) is 0 Å². The molecule has 0 bridgehead atoms. The number of hydrogen-bond donors (Lipinski definition) is 3. The SMILES string of the molecule is CC(C)C(NC(=O)c1cnnc2ccccc12)C(=O)N1CCCC1C(=O)NC(C=O)CC(=O)O. The first-order valence-corrected chi connectivity index (χ1v) is 11.0. The third-order valence-corrected chi connectivity index (χ3v) is 5.74. The number of aliphatic carboxylic acids is 1. The number of aldehydes is 1. The first-order chi connectivity index (χ1) is 16.2. The number of carboxylic acids is 1. The zero-order chi connectivity index (χ0) is 24.8. The fraction of sp³-hybridized carbons (Fsp3) is 0.435. The van der Waals surface area contributed by atoms with E-state index in [1.54, 1.807) is 38.1 Å². The van der Waals surface area contributed by atoms with Gasteiger partial charge in [0.2, 0.25) is 11.8 Å². The topological polar surface area (TPSA) is 159 Å². The van der Waals surface area contributed by atoms with Gasteiger partial charge in [-0.1, -0.05) is 32.0 Å². The van der Waals surface area contributed by atoms with Crippen molar-refractivity contribution in [3.8, 4) is 0 Å². The van der Waals surface area contributed by atoms with Crippen molar-refractivity contribution in [3.05, 3.63) is 36.0 Å². The monoisotopic (exact) mass is 469 g/mol. The first-order valence-electron chi connectivity index (χ1n) is 11.0. The number of likely N-dealkylation sites (tertiary alicyclic amines) is 1. The number of rotatable bonds is 9. The highest BCUT2D eigenvalue weighted by Gasteiger charge is 2.39. The second kappa shape index (κ2) is 10.8. The standard InChI is InChI=1S/C23H27N5O6/c1-13(2)20(26-21(32)16-11-24-27-17-7-4-3-6-15(16)17)23(34)28-9-5-8-18(28)22(33)25-14(12-29)10-19(30)31/h3-4,6-7,11-14,18,20H,5,8-10H2,1-2H3,(H,25,33)(H,26,32)(H,30,31). The minimum Gasteiger partial charge on any atom is -0.481 e. The van der Waals surface area contributed by atoms with E-state index in [9.17, 15) is 24.0 Å². The normalized spacial score (nSPS) is 17.3. The molecule has 0 radical (unpaired) electrons. The molecule has 1 aliphatic heterocycles. The Hall–Kier alpha value is -3.89. The Balaban J connectivity index is 1.76. The summed E-state index contributed by atoms with van der Waals surface area (Å²) in [5, 5.41) is 22.5. The van der Waals surface area contributed by atoms with Crippen molar-refractivity contribution < 1.29 is 29.1 Å². The molecule has 0 saturated carbocycles. The van der Waals surface area contributed by atoms with Crippen LogP contribution in [0.4, 0.5) is 0 Å². The van der Waals surface area contributed by atoms with E-state index in [4.69, 9.17) is 5.11 Å². The summed E-state index contributed by atoms with van der Waals surface area (Å²) in [6, 6.07) is 4.08. The van der Waals surface area contributed by atoms with Crippen LogP contribution < -0.4 is 10.6 Å². The summed E-state index contributed by atoms with van der Waals surface area (Å²) in [6.07, 6.45) is 2.08. The number of amides is 3. The van der Waals surface area contributed by atoms with E-state index in [1.807, 2.05) is 0 Å².